The standard InChI is InChI=1S/C12H20N4O/c1-9(2)10-3-5-15(7-10)12(17)8-16-6-4-11(13)14-16/h4,6,9-10H,3,5,7-8H2,1-2H3,(H2,13,14). The number of carbonyl (C=O) groups is 1. The fourth-order valence-electron chi connectivity index (χ4n) is 2.26. The number of aromatic nitrogens is 2. The van der Waals surface area contributed by atoms with Crippen molar-refractivity contribution in [2.24, 2.45) is 11.8 Å². The lowest BCUT2D eigenvalue weighted by molar-refractivity contribution is -0.131. The molecule has 0 radical (unpaired) electrons. The number of hydrogen-bond donors (Lipinski definition) is 1. The summed E-state index contributed by atoms with van der Waals surface area (Å²) in [6, 6.07) is 1.70. The van der Waals surface area contributed by atoms with Crippen LogP contribution in [-0.2, 0) is 11.3 Å². The minimum Gasteiger partial charge on any atom is -0.382 e. The Morgan fingerprint density at radius 2 is 2.41 bits per heavy atom. The lowest BCUT2D eigenvalue weighted by atomic mass is 9.95. The second-order valence-corrected chi connectivity index (χ2v) is 5.07. The minimum atomic E-state index is 0.135. The van der Waals surface area contributed by atoms with Crippen molar-refractivity contribution >= 4 is 11.7 Å². The molecule has 1 fully saturated rings. The van der Waals surface area contributed by atoms with Crippen molar-refractivity contribution in [3.05, 3.63) is 12.3 Å². The summed E-state index contributed by atoms with van der Waals surface area (Å²) in [7, 11) is 0. The quantitative estimate of drug-likeness (QED) is 0.850. The molecule has 1 aromatic heterocycles. The van der Waals surface area contributed by atoms with E-state index in [0.29, 0.717) is 24.2 Å². The van der Waals surface area contributed by atoms with Gasteiger partial charge in [-0.25, -0.2) is 0 Å². The van der Waals surface area contributed by atoms with Crippen LogP contribution in [0.3, 0.4) is 0 Å². The van der Waals surface area contributed by atoms with Crippen LogP contribution in [0.4, 0.5) is 5.82 Å². The number of carbonyl (C=O) groups excluding carboxylic acids is 1. The zero-order valence-corrected chi connectivity index (χ0v) is 10.5. The predicted octanol–water partition coefficient (Wildman–Crippen LogP) is 0.970. The van der Waals surface area contributed by atoms with Crippen LogP contribution in [0.5, 0.6) is 0 Å². The van der Waals surface area contributed by atoms with E-state index >= 15 is 0 Å². The molecule has 1 saturated heterocycles. The Bertz CT molecular complexity index is 399. The molecule has 1 unspecified atom stereocenters. The van der Waals surface area contributed by atoms with E-state index in [1.54, 1.807) is 16.9 Å². The second-order valence-electron chi connectivity index (χ2n) is 5.07. The highest BCUT2D eigenvalue weighted by Crippen LogP contribution is 2.23. The van der Waals surface area contributed by atoms with Gasteiger partial charge in [0.25, 0.3) is 0 Å². The highest BCUT2D eigenvalue weighted by molar-refractivity contribution is 5.76. The molecular weight excluding hydrogens is 216 g/mol. The van der Waals surface area contributed by atoms with Gasteiger partial charge >= 0.3 is 0 Å². The van der Waals surface area contributed by atoms with Crippen LogP contribution in [0, 0.1) is 11.8 Å². The van der Waals surface area contributed by atoms with Crippen LogP contribution in [0.15, 0.2) is 12.3 Å². The molecule has 17 heavy (non-hydrogen) atoms. The summed E-state index contributed by atoms with van der Waals surface area (Å²) in [4.78, 5) is 13.9. The highest BCUT2D eigenvalue weighted by atomic mass is 16.2. The number of likely N-dealkylation sites (tertiary alicyclic amines) is 1. The first-order chi connectivity index (χ1) is 8.06. The number of amides is 1. The monoisotopic (exact) mass is 236 g/mol. The Hall–Kier alpha value is -1.52. The maximum atomic E-state index is 12.0. The third-order valence-corrected chi connectivity index (χ3v) is 3.48. The topological polar surface area (TPSA) is 64.2 Å². The number of rotatable bonds is 3. The van der Waals surface area contributed by atoms with Gasteiger partial charge in [0.1, 0.15) is 12.4 Å². The molecule has 0 bridgehead atoms. The number of nitrogens with two attached hydrogens (primary N) is 1. The average Bonchev–Trinajstić information content (AvgIpc) is 2.86. The number of nitrogens with zero attached hydrogens (tertiary/aromatic N) is 3. The number of nitrogen functional groups attached to an aromatic ring is 1. The molecule has 0 saturated carbocycles. The molecule has 2 rings (SSSR count). The summed E-state index contributed by atoms with van der Waals surface area (Å²) in [6.45, 7) is 6.48. The van der Waals surface area contributed by atoms with Crippen LogP contribution in [0.2, 0.25) is 0 Å². The van der Waals surface area contributed by atoms with Crippen molar-refractivity contribution in [1.82, 2.24) is 14.7 Å². The Morgan fingerprint density at radius 1 is 1.65 bits per heavy atom. The largest absolute Gasteiger partial charge is 0.382 e. The molecule has 1 amide bonds. The number of anilines is 1. The third kappa shape index (κ3) is 2.78. The Morgan fingerprint density at radius 3 is 2.94 bits per heavy atom. The van der Waals surface area contributed by atoms with E-state index in [0.717, 1.165) is 19.5 Å². The van der Waals surface area contributed by atoms with Gasteiger partial charge in [0, 0.05) is 19.3 Å². The van der Waals surface area contributed by atoms with Gasteiger partial charge in [0.2, 0.25) is 5.91 Å². The molecule has 94 valence electrons. The molecular formula is C12H20N4O. The predicted molar refractivity (Wildman–Crippen MR) is 66.2 cm³/mol. The summed E-state index contributed by atoms with van der Waals surface area (Å²) in [5.74, 6) is 1.88. The van der Waals surface area contributed by atoms with E-state index in [-0.39, 0.29) is 5.91 Å². The van der Waals surface area contributed by atoms with E-state index in [1.165, 1.54) is 0 Å². The molecule has 1 atom stereocenters. The van der Waals surface area contributed by atoms with Gasteiger partial charge < -0.3 is 10.6 Å². The van der Waals surface area contributed by atoms with Crippen molar-refractivity contribution in [3.63, 3.8) is 0 Å². The van der Waals surface area contributed by atoms with E-state index in [9.17, 15) is 4.79 Å². The lowest BCUT2D eigenvalue weighted by Crippen LogP contribution is -2.32. The molecule has 1 aliphatic rings. The zero-order chi connectivity index (χ0) is 12.4. The van der Waals surface area contributed by atoms with Gasteiger partial charge in [-0.1, -0.05) is 13.8 Å². The first-order valence-electron chi connectivity index (χ1n) is 6.13. The van der Waals surface area contributed by atoms with Gasteiger partial charge in [-0.15, -0.1) is 0 Å². The van der Waals surface area contributed by atoms with Gasteiger partial charge in [-0.05, 0) is 24.3 Å². The first-order valence-corrected chi connectivity index (χ1v) is 6.13. The smallest absolute Gasteiger partial charge is 0.244 e. The van der Waals surface area contributed by atoms with Crippen molar-refractivity contribution in [3.8, 4) is 0 Å². The van der Waals surface area contributed by atoms with E-state index < -0.39 is 0 Å². The minimum absolute atomic E-state index is 0.135. The Labute approximate surface area is 102 Å². The van der Waals surface area contributed by atoms with Gasteiger partial charge in [-0.2, -0.15) is 5.10 Å². The van der Waals surface area contributed by atoms with Crippen molar-refractivity contribution in [2.45, 2.75) is 26.8 Å². The summed E-state index contributed by atoms with van der Waals surface area (Å²) < 4.78 is 1.60. The Kier molecular flexibility index (Phi) is 3.36. The van der Waals surface area contributed by atoms with Gasteiger partial charge in [0.15, 0.2) is 0 Å². The molecule has 2 N–H and O–H groups in total. The summed E-state index contributed by atoms with van der Waals surface area (Å²) in [5.41, 5.74) is 5.51. The van der Waals surface area contributed by atoms with E-state index in [4.69, 9.17) is 5.73 Å². The van der Waals surface area contributed by atoms with Crippen molar-refractivity contribution in [1.29, 1.82) is 0 Å². The summed E-state index contributed by atoms with van der Waals surface area (Å²) >= 11 is 0. The second kappa shape index (κ2) is 4.77. The summed E-state index contributed by atoms with van der Waals surface area (Å²) in [6.07, 6.45) is 2.86. The SMILES string of the molecule is CC(C)C1CCN(C(=O)Cn2ccc(N)n2)C1. The van der Waals surface area contributed by atoms with Crippen LogP contribution in [0.1, 0.15) is 20.3 Å². The van der Waals surface area contributed by atoms with Crippen LogP contribution in [0.25, 0.3) is 0 Å². The lowest BCUT2D eigenvalue weighted by Gasteiger charge is -2.18. The molecule has 0 aliphatic carbocycles. The fourth-order valence-corrected chi connectivity index (χ4v) is 2.26. The van der Waals surface area contributed by atoms with E-state index in [2.05, 4.69) is 18.9 Å². The van der Waals surface area contributed by atoms with Crippen LogP contribution < -0.4 is 5.73 Å². The third-order valence-electron chi connectivity index (χ3n) is 3.48. The average molecular weight is 236 g/mol. The molecule has 2 heterocycles. The van der Waals surface area contributed by atoms with E-state index in [1.807, 2.05) is 4.90 Å². The first kappa shape index (κ1) is 12.0. The Balaban J connectivity index is 1.89. The van der Waals surface area contributed by atoms with Crippen molar-refractivity contribution < 1.29 is 4.79 Å². The van der Waals surface area contributed by atoms with Crippen LogP contribution >= 0.6 is 0 Å². The molecule has 1 aliphatic heterocycles. The summed E-state index contributed by atoms with van der Waals surface area (Å²) in [5, 5.41) is 4.02. The maximum Gasteiger partial charge on any atom is 0.244 e. The van der Waals surface area contributed by atoms with Crippen LogP contribution in [-0.4, -0.2) is 33.7 Å². The molecule has 5 heteroatoms. The molecule has 1 aromatic rings. The van der Waals surface area contributed by atoms with Gasteiger partial charge in [-0.3, -0.25) is 9.48 Å². The molecule has 0 spiro atoms. The fraction of sp³-hybridized carbons (Fsp3) is 0.667. The molecule has 5 nitrogen and oxygen atoms in total. The highest BCUT2D eigenvalue weighted by Gasteiger charge is 2.27. The maximum absolute atomic E-state index is 12.0. The molecule has 0 aromatic carbocycles. The van der Waals surface area contributed by atoms with Gasteiger partial charge in [0.05, 0.1) is 0 Å². The number of hydrogen-bond acceptors (Lipinski definition) is 3. The zero-order valence-electron chi connectivity index (χ0n) is 10.5. The normalized spacial score (nSPS) is 20.2. The van der Waals surface area contributed by atoms with Crippen molar-refractivity contribution in [2.75, 3.05) is 18.8 Å².